The van der Waals surface area contributed by atoms with E-state index in [1.165, 1.54) is 4.40 Å². The first-order chi connectivity index (χ1) is 8.61. The van der Waals surface area contributed by atoms with Crippen molar-refractivity contribution in [2.45, 2.75) is 32.7 Å². The average Bonchev–Trinajstić information content (AvgIpc) is 2.69. The van der Waals surface area contributed by atoms with E-state index < -0.39 is 0 Å². The molecule has 4 N–H and O–H groups in total. The molecule has 0 aliphatic rings. The van der Waals surface area contributed by atoms with Crippen molar-refractivity contribution in [1.82, 2.24) is 19.6 Å². The zero-order valence-electron chi connectivity index (χ0n) is 10.6. The SMILES string of the molecule is CCCC(N)CNc1cc2n[nH]c(=O)n2c(C)n1. The Morgan fingerprint density at radius 3 is 3.11 bits per heavy atom. The molecular formula is C11H18N6O. The van der Waals surface area contributed by atoms with Crippen molar-refractivity contribution in [2.75, 3.05) is 11.9 Å². The van der Waals surface area contributed by atoms with E-state index in [9.17, 15) is 4.79 Å². The van der Waals surface area contributed by atoms with E-state index in [-0.39, 0.29) is 11.7 Å². The summed E-state index contributed by atoms with van der Waals surface area (Å²) in [6.45, 7) is 4.52. The van der Waals surface area contributed by atoms with E-state index >= 15 is 0 Å². The molecule has 98 valence electrons. The van der Waals surface area contributed by atoms with Crippen LogP contribution in [0.3, 0.4) is 0 Å². The summed E-state index contributed by atoms with van der Waals surface area (Å²) in [6, 6.07) is 1.83. The Labute approximate surface area is 104 Å². The number of hydrogen-bond donors (Lipinski definition) is 3. The molecule has 2 aromatic rings. The quantitative estimate of drug-likeness (QED) is 0.707. The highest BCUT2D eigenvalue weighted by molar-refractivity contribution is 5.49. The molecule has 18 heavy (non-hydrogen) atoms. The number of aromatic nitrogens is 4. The lowest BCUT2D eigenvalue weighted by atomic mass is 10.2. The van der Waals surface area contributed by atoms with Crippen LogP contribution in [0.15, 0.2) is 10.9 Å². The summed E-state index contributed by atoms with van der Waals surface area (Å²) in [6.07, 6.45) is 2.03. The monoisotopic (exact) mass is 250 g/mol. The number of hydrogen-bond acceptors (Lipinski definition) is 5. The molecule has 2 heterocycles. The van der Waals surface area contributed by atoms with Gasteiger partial charge in [-0.1, -0.05) is 13.3 Å². The Morgan fingerprint density at radius 1 is 1.61 bits per heavy atom. The third-order valence-electron chi connectivity index (χ3n) is 2.77. The van der Waals surface area contributed by atoms with Gasteiger partial charge in [-0.15, -0.1) is 0 Å². The van der Waals surface area contributed by atoms with E-state index in [0.717, 1.165) is 12.8 Å². The minimum atomic E-state index is -0.274. The van der Waals surface area contributed by atoms with Gasteiger partial charge in [0.2, 0.25) is 0 Å². The van der Waals surface area contributed by atoms with Crippen LogP contribution in [0, 0.1) is 6.92 Å². The van der Waals surface area contributed by atoms with Crippen molar-refractivity contribution < 1.29 is 0 Å². The molecule has 0 fully saturated rings. The lowest BCUT2D eigenvalue weighted by Gasteiger charge is -2.12. The van der Waals surface area contributed by atoms with Crippen molar-refractivity contribution >= 4 is 11.5 Å². The summed E-state index contributed by atoms with van der Waals surface area (Å²) in [5.41, 5.74) is 6.20. The van der Waals surface area contributed by atoms with Crippen molar-refractivity contribution in [1.29, 1.82) is 0 Å². The summed E-state index contributed by atoms with van der Waals surface area (Å²) >= 11 is 0. The summed E-state index contributed by atoms with van der Waals surface area (Å²) in [5.74, 6) is 1.28. The Balaban J connectivity index is 2.17. The fourth-order valence-electron chi connectivity index (χ4n) is 1.90. The molecule has 0 aromatic carbocycles. The first-order valence-corrected chi connectivity index (χ1v) is 6.06. The topological polar surface area (TPSA) is 101 Å². The largest absolute Gasteiger partial charge is 0.368 e. The zero-order chi connectivity index (χ0) is 13.1. The molecule has 7 heteroatoms. The maximum absolute atomic E-state index is 11.4. The van der Waals surface area contributed by atoms with Gasteiger partial charge >= 0.3 is 5.69 Å². The number of fused-ring (bicyclic) bond motifs is 1. The predicted octanol–water partition coefficient (Wildman–Crippen LogP) is 0.265. The third kappa shape index (κ3) is 2.51. The number of H-pyrrole nitrogens is 1. The molecule has 0 amide bonds. The fourth-order valence-corrected chi connectivity index (χ4v) is 1.90. The highest BCUT2D eigenvalue weighted by atomic mass is 16.1. The van der Waals surface area contributed by atoms with Crippen LogP contribution in [0.4, 0.5) is 5.82 Å². The van der Waals surface area contributed by atoms with Gasteiger partial charge in [0.1, 0.15) is 11.6 Å². The Morgan fingerprint density at radius 2 is 2.39 bits per heavy atom. The van der Waals surface area contributed by atoms with E-state index in [1.54, 1.807) is 13.0 Å². The molecule has 0 aliphatic carbocycles. The van der Waals surface area contributed by atoms with Crippen molar-refractivity contribution in [3.8, 4) is 0 Å². The van der Waals surface area contributed by atoms with Gasteiger partial charge < -0.3 is 11.1 Å². The lowest BCUT2D eigenvalue weighted by Crippen LogP contribution is -2.29. The van der Waals surface area contributed by atoms with Gasteiger partial charge in [-0.05, 0) is 13.3 Å². The Bertz CT molecular complexity index is 587. The molecule has 0 spiro atoms. The van der Waals surface area contributed by atoms with Gasteiger partial charge in [-0.25, -0.2) is 19.3 Å². The molecule has 0 saturated carbocycles. The van der Waals surface area contributed by atoms with Gasteiger partial charge in [0, 0.05) is 18.7 Å². The summed E-state index contributed by atoms with van der Waals surface area (Å²) in [5, 5.41) is 9.48. The molecular weight excluding hydrogens is 232 g/mol. The average molecular weight is 250 g/mol. The maximum atomic E-state index is 11.4. The maximum Gasteiger partial charge on any atom is 0.349 e. The highest BCUT2D eigenvalue weighted by Crippen LogP contribution is 2.08. The molecule has 0 radical (unpaired) electrons. The number of aromatic amines is 1. The number of nitrogens with zero attached hydrogens (tertiary/aromatic N) is 3. The van der Waals surface area contributed by atoms with Crippen LogP contribution in [-0.2, 0) is 0 Å². The van der Waals surface area contributed by atoms with Crippen LogP contribution in [0.25, 0.3) is 5.65 Å². The molecule has 0 aliphatic heterocycles. The molecule has 1 unspecified atom stereocenters. The van der Waals surface area contributed by atoms with Crippen LogP contribution in [0.2, 0.25) is 0 Å². The van der Waals surface area contributed by atoms with Crippen molar-refractivity contribution in [3.63, 3.8) is 0 Å². The van der Waals surface area contributed by atoms with Crippen LogP contribution >= 0.6 is 0 Å². The Hall–Kier alpha value is -1.89. The molecule has 7 nitrogen and oxygen atoms in total. The van der Waals surface area contributed by atoms with E-state index in [2.05, 4.69) is 27.4 Å². The lowest BCUT2D eigenvalue weighted by molar-refractivity contribution is 0.626. The Kier molecular flexibility index (Phi) is 3.61. The second kappa shape index (κ2) is 5.18. The number of nitrogens with one attached hydrogen (secondary N) is 2. The normalized spacial score (nSPS) is 12.8. The molecule has 2 rings (SSSR count). The van der Waals surface area contributed by atoms with Gasteiger partial charge in [0.15, 0.2) is 5.65 Å². The van der Waals surface area contributed by atoms with E-state index in [1.807, 2.05) is 0 Å². The summed E-state index contributed by atoms with van der Waals surface area (Å²) < 4.78 is 1.43. The number of rotatable bonds is 5. The molecule has 0 saturated heterocycles. The summed E-state index contributed by atoms with van der Waals surface area (Å²) in [7, 11) is 0. The minimum Gasteiger partial charge on any atom is -0.368 e. The van der Waals surface area contributed by atoms with Crippen molar-refractivity contribution in [3.05, 3.63) is 22.4 Å². The van der Waals surface area contributed by atoms with Gasteiger partial charge in [-0.3, -0.25) is 0 Å². The molecule has 0 bridgehead atoms. The second-order valence-corrected chi connectivity index (χ2v) is 4.34. The van der Waals surface area contributed by atoms with Crippen LogP contribution < -0.4 is 16.7 Å². The van der Waals surface area contributed by atoms with Crippen LogP contribution in [-0.4, -0.2) is 32.2 Å². The van der Waals surface area contributed by atoms with Gasteiger partial charge in [-0.2, -0.15) is 5.10 Å². The van der Waals surface area contributed by atoms with Gasteiger partial charge in [0.25, 0.3) is 0 Å². The molecule has 2 aromatic heterocycles. The first kappa shape index (κ1) is 12.6. The zero-order valence-corrected chi connectivity index (χ0v) is 10.6. The predicted molar refractivity (Wildman–Crippen MR) is 69.7 cm³/mol. The highest BCUT2D eigenvalue weighted by Gasteiger charge is 2.07. The second-order valence-electron chi connectivity index (χ2n) is 4.34. The number of anilines is 1. The van der Waals surface area contributed by atoms with Crippen LogP contribution in [0.5, 0.6) is 0 Å². The minimum absolute atomic E-state index is 0.106. The molecule has 1 atom stereocenters. The van der Waals surface area contributed by atoms with E-state index in [4.69, 9.17) is 5.73 Å². The first-order valence-electron chi connectivity index (χ1n) is 6.06. The van der Waals surface area contributed by atoms with E-state index in [0.29, 0.717) is 23.8 Å². The smallest absolute Gasteiger partial charge is 0.349 e. The number of nitrogens with two attached hydrogens (primary N) is 1. The number of aryl methyl sites for hydroxylation is 1. The standard InChI is InChI=1S/C11H18N6O/c1-3-4-8(12)6-13-9-5-10-15-16-11(18)17(10)7(2)14-9/h5,8,13H,3-4,6,12H2,1-2H3,(H,16,18). The van der Waals surface area contributed by atoms with Gasteiger partial charge in [0.05, 0.1) is 0 Å². The summed E-state index contributed by atoms with van der Waals surface area (Å²) in [4.78, 5) is 15.7. The van der Waals surface area contributed by atoms with Crippen molar-refractivity contribution in [2.24, 2.45) is 5.73 Å². The van der Waals surface area contributed by atoms with Crippen LogP contribution in [0.1, 0.15) is 25.6 Å². The third-order valence-corrected chi connectivity index (χ3v) is 2.77. The fraction of sp³-hybridized carbons (Fsp3) is 0.545.